The number of aryl methyl sites for hydroxylation is 1. The van der Waals surface area contributed by atoms with Crippen molar-refractivity contribution in [3.8, 4) is 23.2 Å². The van der Waals surface area contributed by atoms with Gasteiger partial charge in [-0.1, -0.05) is 13.0 Å². The van der Waals surface area contributed by atoms with Crippen LogP contribution in [-0.2, 0) is 4.79 Å². The maximum Gasteiger partial charge on any atom is 0.241 e. The second-order valence-electron chi connectivity index (χ2n) is 8.17. The normalized spacial score (nSPS) is 20.6. The molecule has 158 valence electrons. The lowest BCUT2D eigenvalue weighted by atomic mass is 9.96. The van der Waals surface area contributed by atoms with Crippen molar-refractivity contribution in [3.05, 3.63) is 35.5 Å². The van der Waals surface area contributed by atoms with E-state index in [1.807, 2.05) is 24.0 Å². The largest absolute Gasteiger partial charge is 0.496 e. The fraction of sp³-hybridized carbons (Fsp3) is 0.500. The summed E-state index contributed by atoms with van der Waals surface area (Å²) in [5.41, 5.74) is 3.96. The van der Waals surface area contributed by atoms with E-state index in [-0.39, 0.29) is 17.9 Å². The topological polar surface area (TPSA) is 88.5 Å². The first-order valence-electron chi connectivity index (χ1n) is 10.4. The molecular formula is C22H28N6O2. The zero-order valence-corrected chi connectivity index (χ0v) is 17.8. The van der Waals surface area contributed by atoms with Crippen molar-refractivity contribution in [3.63, 3.8) is 0 Å². The number of nitrogens with one attached hydrogen (secondary N) is 1. The molecule has 0 bridgehead atoms. The van der Waals surface area contributed by atoms with Gasteiger partial charge in [0.05, 0.1) is 25.0 Å². The number of hydrogen-bond acceptors (Lipinski definition) is 6. The molecule has 1 unspecified atom stereocenters. The summed E-state index contributed by atoms with van der Waals surface area (Å²) in [6.07, 6.45) is 2.19. The van der Waals surface area contributed by atoms with Crippen molar-refractivity contribution < 1.29 is 9.53 Å². The Morgan fingerprint density at radius 3 is 2.80 bits per heavy atom. The number of hydrogen-bond donors (Lipinski definition) is 1. The first-order chi connectivity index (χ1) is 14.5. The Kier molecular flexibility index (Phi) is 5.64. The summed E-state index contributed by atoms with van der Waals surface area (Å²) in [4.78, 5) is 19.0. The van der Waals surface area contributed by atoms with E-state index in [0.717, 1.165) is 47.9 Å². The number of ether oxygens (including phenoxy) is 1. The molecule has 0 spiro atoms. The molecule has 30 heavy (non-hydrogen) atoms. The molecule has 1 aromatic heterocycles. The molecule has 0 saturated carbocycles. The van der Waals surface area contributed by atoms with Gasteiger partial charge in [-0.3, -0.25) is 14.8 Å². The van der Waals surface area contributed by atoms with Crippen LogP contribution in [0.4, 0.5) is 0 Å². The Bertz CT molecular complexity index is 965. The Labute approximate surface area is 177 Å². The van der Waals surface area contributed by atoms with Crippen molar-refractivity contribution in [1.82, 2.24) is 24.9 Å². The van der Waals surface area contributed by atoms with Crippen LogP contribution >= 0.6 is 0 Å². The highest BCUT2D eigenvalue weighted by Crippen LogP contribution is 2.33. The molecule has 0 aliphatic carbocycles. The van der Waals surface area contributed by atoms with Crippen molar-refractivity contribution in [2.24, 2.45) is 0 Å². The van der Waals surface area contributed by atoms with Gasteiger partial charge in [-0.25, -0.2) is 0 Å². The number of nitriles is 1. The summed E-state index contributed by atoms with van der Waals surface area (Å²) >= 11 is 0. The monoisotopic (exact) mass is 408 g/mol. The first kappa shape index (κ1) is 20.2. The molecule has 2 saturated heterocycles. The molecule has 2 fully saturated rings. The van der Waals surface area contributed by atoms with Crippen molar-refractivity contribution in [2.45, 2.75) is 25.8 Å². The lowest BCUT2D eigenvalue weighted by molar-refractivity contribution is -0.144. The van der Waals surface area contributed by atoms with E-state index >= 15 is 0 Å². The summed E-state index contributed by atoms with van der Waals surface area (Å²) in [6, 6.07) is 7.95. The summed E-state index contributed by atoms with van der Waals surface area (Å²) in [5.74, 6) is 1.09. The molecule has 2 aliphatic rings. The number of nitrogens with zero attached hydrogens (tertiary/aromatic N) is 5. The average Bonchev–Trinajstić information content (AvgIpc) is 3.21. The van der Waals surface area contributed by atoms with Crippen LogP contribution < -0.4 is 4.74 Å². The molecule has 1 aromatic carbocycles. The van der Waals surface area contributed by atoms with Crippen molar-refractivity contribution >= 4 is 5.91 Å². The van der Waals surface area contributed by atoms with Crippen LogP contribution in [0.1, 0.15) is 24.1 Å². The molecule has 8 heteroatoms. The van der Waals surface area contributed by atoms with Gasteiger partial charge in [0, 0.05) is 38.3 Å². The van der Waals surface area contributed by atoms with Crippen LogP contribution in [0.25, 0.3) is 11.3 Å². The van der Waals surface area contributed by atoms with E-state index in [4.69, 9.17) is 4.74 Å². The smallest absolute Gasteiger partial charge is 0.241 e. The number of amides is 1. The van der Waals surface area contributed by atoms with Gasteiger partial charge in [-0.15, -0.1) is 0 Å². The van der Waals surface area contributed by atoms with Crippen LogP contribution in [0.3, 0.4) is 0 Å². The Morgan fingerprint density at radius 1 is 1.30 bits per heavy atom. The van der Waals surface area contributed by atoms with E-state index in [2.05, 4.69) is 40.3 Å². The maximum absolute atomic E-state index is 13.1. The Morgan fingerprint density at radius 2 is 2.10 bits per heavy atom. The summed E-state index contributed by atoms with van der Waals surface area (Å²) in [7, 11) is 1.66. The van der Waals surface area contributed by atoms with Crippen LogP contribution in [-0.4, -0.2) is 83.2 Å². The molecule has 2 aliphatic heterocycles. The fourth-order valence-corrected chi connectivity index (χ4v) is 4.40. The van der Waals surface area contributed by atoms with Crippen LogP contribution in [0.5, 0.6) is 5.75 Å². The SMILES string of the molecule is COc1ccc(C(C)CN2CCN3CCN(C#N)C[C@@H]3C2=O)cc1-c1cc(C)n[nH]1. The van der Waals surface area contributed by atoms with Gasteiger partial charge < -0.3 is 14.5 Å². The van der Waals surface area contributed by atoms with Gasteiger partial charge in [-0.05, 0) is 36.6 Å². The van der Waals surface area contributed by atoms with Crippen molar-refractivity contribution in [2.75, 3.05) is 46.4 Å². The predicted molar refractivity (Wildman–Crippen MR) is 113 cm³/mol. The molecule has 3 heterocycles. The standard InChI is InChI=1S/C22H28N6O2/c1-15(12-28-9-8-27-7-6-26(14-23)13-20(27)22(28)29)17-4-5-21(30-3)18(11-17)19-10-16(2)24-25-19/h4-5,10-11,15,20H,6-9,12-13H2,1-3H3,(H,24,25)/t15?,20-/m1/s1. The van der Waals surface area contributed by atoms with E-state index in [0.29, 0.717) is 19.6 Å². The highest BCUT2D eigenvalue weighted by atomic mass is 16.5. The molecular weight excluding hydrogens is 380 g/mol. The van der Waals surface area contributed by atoms with Gasteiger partial charge in [0.1, 0.15) is 11.8 Å². The number of carbonyl (C=O) groups excluding carboxylic acids is 1. The average molecular weight is 409 g/mol. The molecule has 1 amide bonds. The Balaban J connectivity index is 1.50. The van der Waals surface area contributed by atoms with E-state index in [9.17, 15) is 10.1 Å². The van der Waals surface area contributed by atoms with Crippen LogP contribution in [0, 0.1) is 18.4 Å². The molecule has 0 radical (unpaired) electrons. The first-order valence-corrected chi connectivity index (χ1v) is 10.4. The van der Waals surface area contributed by atoms with E-state index in [1.54, 1.807) is 12.0 Å². The number of aromatic amines is 1. The van der Waals surface area contributed by atoms with Gasteiger partial charge in [0.25, 0.3) is 0 Å². The maximum atomic E-state index is 13.1. The third-order valence-corrected chi connectivity index (χ3v) is 6.17. The summed E-state index contributed by atoms with van der Waals surface area (Å²) in [5, 5.41) is 16.5. The van der Waals surface area contributed by atoms with Crippen molar-refractivity contribution in [1.29, 1.82) is 5.26 Å². The predicted octanol–water partition coefficient (Wildman–Crippen LogP) is 1.81. The third-order valence-electron chi connectivity index (χ3n) is 6.17. The van der Waals surface area contributed by atoms with Crippen LogP contribution in [0.2, 0.25) is 0 Å². The fourth-order valence-electron chi connectivity index (χ4n) is 4.40. The minimum Gasteiger partial charge on any atom is -0.496 e. The number of fused-ring (bicyclic) bond motifs is 1. The number of piperazine rings is 2. The zero-order chi connectivity index (χ0) is 21.3. The lowest BCUT2D eigenvalue weighted by Crippen LogP contribution is -2.64. The molecule has 2 atom stereocenters. The second-order valence-corrected chi connectivity index (χ2v) is 8.17. The second kappa shape index (κ2) is 8.36. The molecule has 1 N–H and O–H groups in total. The molecule has 4 rings (SSSR count). The number of benzene rings is 1. The van der Waals surface area contributed by atoms with Crippen LogP contribution in [0.15, 0.2) is 24.3 Å². The minimum absolute atomic E-state index is 0.131. The highest BCUT2D eigenvalue weighted by molar-refractivity contribution is 5.83. The van der Waals surface area contributed by atoms with Gasteiger partial charge in [0.2, 0.25) is 5.91 Å². The molecule has 8 nitrogen and oxygen atoms in total. The number of rotatable bonds is 5. The van der Waals surface area contributed by atoms with Gasteiger partial charge >= 0.3 is 0 Å². The highest BCUT2D eigenvalue weighted by Gasteiger charge is 2.38. The number of aromatic nitrogens is 2. The lowest BCUT2D eigenvalue weighted by Gasteiger charge is -2.45. The van der Waals surface area contributed by atoms with E-state index in [1.165, 1.54) is 0 Å². The summed E-state index contributed by atoms with van der Waals surface area (Å²) < 4.78 is 5.54. The number of carbonyl (C=O) groups is 1. The third kappa shape index (κ3) is 3.85. The number of methoxy groups -OCH3 is 1. The Hall–Kier alpha value is -3.05. The molecule has 2 aromatic rings. The zero-order valence-electron chi connectivity index (χ0n) is 17.8. The quantitative estimate of drug-likeness (QED) is 0.759. The van der Waals surface area contributed by atoms with Gasteiger partial charge in [-0.2, -0.15) is 10.4 Å². The summed E-state index contributed by atoms with van der Waals surface area (Å²) in [6.45, 7) is 8.32. The minimum atomic E-state index is -0.209. The van der Waals surface area contributed by atoms with Gasteiger partial charge in [0.15, 0.2) is 6.19 Å². The number of H-pyrrole nitrogens is 1. The van der Waals surface area contributed by atoms with E-state index < -0.39 is 0 Å².